The molecule has 2 unspecified atom stereocenters. The molecule has 0 bridgehead atoms. The molecule has 4 atom stereocenters. The first-order valence-electron chi connectivity index (χ1n) is 13.3. The maximum absolute atomic E-state index is 13.4. The van der Waals surface area contributed by atoms with Gasteiger partial charge in [0.05, 0.1) is 0 Å². The Morgan fingerprint density at radius 3 is 2.08 bits per heavy atom. The zero-order valence-electron chi connectivity index (χ0n) is 22.9. The lowest BCUT2D eigenvalue weighted by Gasteiger charge is -2.27. The van der Waals surface area contributed by atoms with Crippen molar-refractivity contribution in [2.24, 2.45) is 11.7 Å². The minimum Gasteiger partial charge on any atom is -0.445 e. The Hall–Kier alpha value is -4.14. The van der Waals surface area contributed by atoms with E-state index in [-0.39, 0.29) is 25.4 Å². The van der Waals surface area contributed by atoms with E-state index in [0.29, 0.717) is 12.8 Å². The van der Waals surface area contributed by atoms with Gasteiger partial charge in [-0.15, -0.1) is 0 Å². The molecule has 0 aliphatic rings. The van der Waals surface area contributed by atoms with Crippen LogP contribution in [0.4, 0.5) is 4.79 Å². The van der Waals surface area contributed by atoms with Crippen LogP contribution in [0.25, 0.3) is 0 Å². The number of allylic oxidation sites excluding steroid dienone is 1. The van der Waals surface area contributed by atoms with Crippen LogP contribution in [0.2, 0.25) is 0 Å². The van der Waals surface area contributed by atoms with E-state index in [1.54, 1.807) is 12.2 Å². The minimum absolute atomic E-state index is 0.0677. The fraction of sp³-hybridized carbons (Fsp3) is 0.400. The van der Waals surface area contributed by atoms with Gasteiger partial charge in [0.2, 0.25) is 17.7 Å². The molecule has 0 saturated carbocycles. The molecule has 0 aromatic heterocycles. The van der Waals surface area contributed by atoms with Crippen LogP contribution in [0.15, 0.2) is 72.8 Å². The second-order valence-electron chi connectivity index (χ2n) is 9.47. The topological polar surface area (TPSA) is 140 Å². The lowest BCUT2D eigenvalue weighted by molar-refractivity contribution is -0.131. The van der Waals surface area contributed by atoms with Crippen molar-refractivity contribution in [2.75, 3.05) is 0 Å². The number of benzene rings is 2. The molecule has 0 heterocycles. The number of amides is 4. The molecule has 0 fully saturated rings. The molecule has 0 aliphatic heterocycles. The van der Waals surface area contributed by atoms with Gasteiger partial charge in [0.1, 0.15) is 18.7 Å². The van der Waals surface area contributed by atoms with Crippen molar-refractivity contribution >= 4 is 23.8 Å². The molecule has 9 nitrogen and oxygen atoms in total. The van der Waals surface area contributed by atoms with Gasteiger partial charge in [0.25, 0.3) is 0 Å². The first-order chi connectivity index (χ1) is 18.7. The number of carbonyl (C=O) groups is 4. The summed E-state index contributed by atoms with van der Waals surface area (Å²) < 4.78 is 5.32. The summed E-state index contributed by atoms with van der Waals surface area (Å²) in [5.41, 5.74) is 6.96. The highest BCUT2D eigenvalue weighted by atomic mass is 16.5. The number of hydrogen-bond acceptors (Lipinski definition) is 5. The molecule has 5 N–H and O–H groups in total. The summed E-state index contributed by atoms with van der Waals surface area (Å²) >= 11 is 0. The highest BCUT2D eigenvalue weighted by Crippen LogP contribution is 2.11. The molecule has 0 radical (unpaired) electrons. The number of carbonyl (C=O) groups excluding carboxylic acids is 4. The highest BCUT2D eigenvalue weighted by Gasteiger charge is 2.31. The van der Waals surface area contributed by atoms with E-state index in [4.69, 9.17) is 10.5 Å². The summed E-state index contributed by atoms with van der Waals surface area (Å²) in [6.07, 6.45) is 4.13. The van der Waals surface area contributed by atoms with Crippen molar-refractivity contribution < 1.29 is 23.9 Å². The summed E-state index contributed by atoms with van der Waals surface area (Å²) in [4.78, 5) is 50.7. The van der Waals surface area contributed by atoms with E-state index in [2.05, 4.69) is 16.0 Å². The van der Waals surface area contributed by atoms with E-state index in [1.165, 1.54) is 0 Å². The smallest absolute Gasteiger partial charge is 0.408 e. The molecule has 2 aromatic rings. The van der Waals surface area contributed by atoms with Gasteiger partial charge >= 0.3 is 6.09 Å². The van der Waals surface area contributed by atoms with Gasteiger partial charge in [-0.05, 0) is 30.4 Å². The molecule has 0 spiro atoms. The zero-order chi connectivity index (χ0) is 28.6. The van der Waals surface area contributed by atoms with Crippen molar-refractivity contribution in [1.29, 1.82) is 0 Å². The predicted octanol–water partition coefficient (Wildman–Crippen LogP) is 3.38. The third-order valence-electron chi connectivity index (χ3n) is 6.35. The number of nitrogens with two attached hydrogens (primary N) is 1. The van der Waals surface area contributed by atoms with Gasteiger partial charge in [-0.3, -0.25) is 14.4 Å². The van der Waals surface area contributed by atoms with E-state index in [0.717, 1.165) is 11.1 Å². The van der Waals surface area contributed by atoms with E-state index >= 15 is 0 Å². The SMILES string of the molecule is C/C=C/[C@H](CCC(N)=O)NC(=O)C(Cc1ccccc1)NC(=O)[C@@H](NC(=O)OCc1ccccc1)C(C)CC. The predicted molar refractivity (Wildman–Crippen MR) is 150 cm³/mol. The molecule has 0 aliphatic carbocycles. The second kappa shape index (κ2) is 16.7. The maximum Gasteiger partial charge on any atom is 0.408 e. The normalized spacial score (nSPS) is 14.0. The summed E-state index contributed by atoms with van der Waals surface area (Å²) in [7, 11) is 0. The lowest BCUT2D eigenvalue weighted by atomic mass is 9.97. The Morgan fingerprint density at radius 1 is 0.897 bits per heavy atom. The quantitative estimate of drug-likeness (QED) is 0.258. The van der Waals surface area contributed by atoms with Crippen molar-refractivity contribution in [1.82, 2.24) is 16.0 Å². The van der Waals surface area contributed by atoms with Crippen molar-refractivity contribution in [3.8, 4) is 0 Å². The van der Waals surface area contributed by atoms with E-state index in [9.17, 15) is 19.2 Å². The van der Waals surface area contributed by atoms with Crippen molar-refractivity contribution in [3.63, 3.8) is 0 Å². The molecule has 210 valence electrons. The van der Waals surface area contributed by atoms with E-state index < -0.39 is 41.9 Å². The first kappa shape index (κ1) is 31.1. The van der Waals surface area contributed by atoms with Crippen LogP contribution < -0.4 is 21.7 Å². The summed E-state index contributed by atoms with van der Waals surface area (Å²) in [5.74, 6) is -1.58. The largest absolute Gasteiger partial charge is 0.445 e. The number of alkyl carbamates (subject to hydrolysis) is 1. The lowest BCUT2D eigenvalue weighted by Crippen LogP contribution is -2.57. The summed E-state index contributed by atoms with van der Waals surface area (Å²) in [5, 5.41) is 8.41. The van der Waals surface area contributed by atoms with Crippen molar-refractivity contribution in [2.45, 2.75) is 71.2 Å². The van der Waals surface area contributed by atoms with Gasteiger partial charge in [0, 0.05) is 18.9 Å². The first-order valence-corrected chi connectivity index (χ1v) is 13.3. The van der Waals surface area contributed by atoms with Crippen LogP contribution in [0, 0.1) is 5.92 Å². The Kier molecular flexibility index (Phi) is 13.3. The van der Waals surface area contributed by atoms with Crippen molar-refractivity contribution in [3.05, 3.63) is 83.9 Å². The van der Waals surface area contributed by atoms with Gasteiger partial charge in [-0.25, -0.2) is 4.79 Å². The van der Waals surface area contributed by atoms with Crippen LogP contribution in [-0.2, 0) is 32.1 Å². The molecule has 0 saturated heterocycles. The highest BCUT2D eigenvalue weighted by molar-refractivity contribution is 5.91. The number of nitrogens with one attached hydrogen (secondary N) is 3. The van der Waals surface area contributed by atoms with E-state index in [1.807, 2.05) is 81.4 Å². The molecule has 4 amide bonds. The number of rotatable bonds is 15. The Balaban J connectivity index is 2.16. The molecule has 2 aromatic carbocycles. The van der Waals surface area contributed by atoms with Crippen LogP contribution in [-0.4, -0.2) is 41.9 Å². The summed E-state index contributed by atoms with van der Waals surface area (Å²) in [6.45, 7) is 5.64. The van der Waals surface area contributed by atoms with Gasteiger partial charge in [-0.2, -0.15) is 0 Å². The van der Waals surface area contributed by atoms with Gasteiger partial charge in [0.15, 0.2) is 0 Å². The minimum atomic E-state index is -0.921. The molecular weight excluding hydrogens is 496 g/mol. The monoisotopic (exact) mass is 536 g/mol. The average Bonchev–Trinajstić information content (AvgIpc) is 2.93. The average molecular weight is 537 g/mol. The number of ether oxygens (including phenoxy) is 1. The maximum atomic E-state index is 13.4. The zero-order valence-corrected chi connectivity index (χ0v) is 22.9. The number of primary amides is 1. The molecular formula is C30H40N4O5. The van der Waals surface area contributed by atoms with Gasteiger partial charge < -0.3 is 26.4 Å². The fourth-order valence-electron chi connectivity index (χ4n) is 3.94. The molecule has 2 rings (SSSR count). The van der Waals surface area contributed by atoms with Crippen LogP contribution in [0.1, 0.15) is 51.2 Å². The Labute approximate surface area is 230 Å². The van der Waals surface area contributed by atoms with Gasteiger partial charge in [-0.1, -0.05) is 93.1 Å². The Bertz CT molecular complexity index is 1090. The Morgan fingerprint density at radius 2 is 1.51 bits per heavy atom. The standard InChI is InChI=1S/C30H40N4O5/c1-4-12-24(17-18-26(31)35)32-28(36)25(19-22-13-8-6-9-14-22)33-29(37)27(21(3)5-2)34-30(38)39-20-23-15-10-7-11-16-23/h4,6-16,21,24-25,27H,5,17-20H2,1-3H3,(H2,31,35)(H,32,36)(H,33,37)(H,34,38)/b12-4+/t21?,24-,25?,27+/m1/s1. The third kappa shape index (κ3) is 11.4. The third-order valence-corrected chi connectivity index (χ3v) is 6.35. The van der Waals surface area contributed by atoms with Crippen LogP contribution in [0.3, 0.4) is 0 Å². The fourth-order valence-corrected chi connectivity index (χ4v) is 3.94. The second-order valence-corrected chi connectivity index (χ2v) is 9.47. The molecule has 39 heavy (non-hydrogen) atoms. The number of hydrogen-bond donors (Lipinski definition) is 4. The molecule has 9 heteroatoms. The van der Waals surface area contributed by atoms with Crippen LogP contribution in [0.5, 0.6) is 0 Å². The van der Waals surface area contributed by atoms with Crippen LogP contribution >= 0.6 is 0 Å². The summed E-state index contributed by atoms with van der Waals surface area (Å²) in [6, 6.07) is 16.3.